The van der Waals surface area contributed by atoms with Crippen LogP contribution in [0.25, 0.3) is 0 Å². The molecule has 0 radical (unpaired) electrons. The zero-order valence-corrected chi connectivity index (χ0v) is 10.3. The molecule has 0 saturated carbocycles. The highest BCUT2D eigenvalue weighted by molar-refractivity contribution is 5.43. The molecule has 1 aromatic rings. The number of halogens is 3. The van der Waals surface area contributed by atoms with Crippen molar-refractivity contribution in [2.75, 3.05) is 27.7 Å². The van der Waals surface area contributed by atoms with Crippen LogP contribution in [0.1, 0.15) is 11.1 Å². The third kappa shape index (κ3) is 3.93. The van der Waals surface area contributed by atoms with Gasteiger partial charge in [0.05, 0.1) is 24.8 Å². The number of ether oxygens (including phenoxy) is 1. The van der Waals surface area contributed by atoms with Crippen molar-refractivity contribution in [3.8, 4) is 17.7 Å². The number of nitrogens with zero attached hydrogens (tertiary/aromatic N) is 2. The maximum Gasteiger partial charge on any atom is 0.417 e. The summed E-state index contributed by atoms with van der Waals surface area (Å²) < 4.78 is 43.0. The molecule has 0 atom stereocenters. The van der Waals surface area contributed by atoms with Gasteiger partial charge in [-0.05, 0) is 14.1 Å². The van der Waals surface area contributed by atoms with Crippen LogP contribution in [-0.2, 0) is 6.18 Å². The van der Waals surface area contributed by atoms with Crippen LogP contribution >= 0.6 is 0 Å². The Morgan fingerprint density at radius 1 is 1.39 bits per heavy atom. The first kappa shape index (κ1) is 14.3. The fourth-order valence-corrected chi connectivity index (χ4v) is 1.17. The van der Waals surface area contributed by atoms with E-state index in [-0.39, 0.29) is 11.4 Å². The average molecular weight is 258 g/mol. The summed E-state index contributed by atoms with van der Waals surface area (Å²) in [5.74, 6) is 5.04. The fraction of sp³-hybridized carbons (Fsp3) is 0.417. The van der Waals surface area contributed by atoms with Gasteiger partial charge in [-0.1, -0.05) is 11.8 Å². The Bertz CT molecular complexity index is 472. The summed E-state index contributed by atoms with van der Waals surface area (Å²) in [7, 11) is 4.83. The third-order valence-corrected chi connectivity index (χ3v) is 2.01. The monoisotopic (exact) mass is 258 g/mol. The highest BCUT2D eigenvalue weighted by Crippen LogP contribution is 2.33. The van der Waals surface area contributed by atoms with Crippen molar-refractivity contribution < 1.29 is 17.9 Å². The van der Waals surface area contributed by atoms with Gasteiger partial charge in [-0.25, -0.2) is 4.98 Å². The predicted molar refractivity (Wildman–Crippen MR) is 61.2 cm³/mol. The summed E-state index contributed by atoms with van der Waals surface area (Å²) in [6.07, 6.45) is -3.40. The van der Waals surface area contributed by atoms with Gasteiger partial charge in [0.25, 0.3) is 0 Å². The Kier molecular flexibility index (Phi) is 4.56. The number of hydrogen-bond acceptors (Lipinski definition) is 3. The van der Waals surface area contributed by atoms with Crippen molar-refractivity contribution in [2.45, 2.75) is 6.18 Å². The van der Waals surface area contributed by atoms with Gasteiger partial charge < -0.3 is 4.74 Å². The van der Waals surface area contributed by atoms with E-state index >= 15 is 0 Å². The van der Waals surface area contributed by atoms with Gasteiger partial charge in [-0.3, -0.25) is 4.90 Å². The van der Waals surface area contributed by atoms with Crippen LogP contribution in [-0.4, -0.2) is 37.6 Å². The molecule has 1 aromatic heterocycles. The van der Waals surface area contributed by atoms with Crippen LogP contribution in [0, 0.1) is 11.8 Å². The third-order valence-electron chi connectivity index (χ3n) is 2.01. The molecule has 0 N–H and O–H groups in total. The largest absolute Gasteiger partial charge is 0.481 e. The molecular weight excluding hydrogens is 245 g/mol. The lowest BCUT2D eigenvalue weighted by Gasteiger charge is -2.10. The first-order chi connectivity index (χ1) is 8.34. The minimum absolute atomic E-state index is 0.0829. The van der Waals surface area contributed by atoms with Crippen molar-refractivity contribution in [1.82, 2.24) is 9.88 Å². The lowest BCUT2D eigenvalue weighted by molar-refractivity contribution is -0.137. The van der Waals surface area contributed by atoms with Crippen molar-refractivity contribution in [1.29, 1.82) is 0 Å². The summed E-state index contributed by atoms with van der Waals surface area (Å²) in [6, 6.07) is 0.847. The van der Waals surface area contributed by atoms with E-state index < -0.39 is 11.7 Å². The lowest BCUT2D eigenvalue weighted by Crippen LogP contribution is -2.11. The number of aromatic nitrogens is 1. The fourth-order valence-electron chi connectivity index (χ4n) is 1.17. The number of hydrogen-bond donors (Lipinski definition) is 0. The van der Waals surface area contributed by atoms with Crippen LogP contribution in [0.5, 0.6) is 5.88 Å². The smallest absolute Gasteiger partial charge is 0.417 e. The molecule has 98 valence electrons. The van der Waals surface area contributed by atoms with Gasteiger partial charge in [0, 0.05) is 12.3 Å². The Morgan fingerprint density at radius 2 is 2.06 bits per heavy atom. The lowest BCUT2D eigenvalue weighted by atomic mass is 10.1. The second-order valence-corrected chi connectivity index (χ2v) is 3.81. The average Bonchev–Trinajstić information content (AvgIpc) is 2.27. The number of methoxy groups -OCH3 is 1. The second kappa shape index (κ2) is 5.74. The van der Waals surface area contributed by atoms with Crippen LogP contribution in [0.15, 0.2) is 12.3 Å². The van der Waals surface area contributed by atoms with Crippen LogP contribution in [0.4, 0.5) is 13.2 Å². The van der Waals surface area contributed by atoms with E-state index in [0.29, 0.717) is 6.54 Å². The molecule has 0 saturated heterocycles. The molecule has 0 spiro atoms. The second-order valence-electron chi connectivity index (χ2n) is 3.81. The molecule has 0 unspecified atom stereocenters. The molecule has 0 bridgehead atoms. The van der Waals surface area contributed by atoms with Crippen LogP contribution in [0.3, 0.4) is 0 Å². The quantitative estimate of drug-likeness (QED) is 0.759. The molecule has 0 aliphatic carbocycles. The highest BCUT2D eigenvalue weighted by atomic mass is 19.4. The Labute approximate surface area is 104 Å². The molecule has 0 fully saturated rings. The van der Waals surface area contributed by atoms with Crippen molar-refractivity contribution in [3.05, 3.63) is 23.4 Å². The molecule has 1 rings (SSSR count). The summed E-state index contributed by atoms with van der Waals surface area (Å²) in [5.41, 5.74) is -0.981. The molecule has 0 aliphatic heterocycles. The van der Waals surface area contributed by atoms with Crippen molar-refractivity contribution in [3.63, 3.8) is 0 Å². The SMILES string of the molecule is COc1cc(C(F)(F)F)c(C#CCN(C)C)cn1. The number of alkyl halides is 3. The van der Waals surface area contributed by atoms with Gasteiger partial charge in [0.15, 0.2) is 0 Å². The number of rotatable bonds is 2. The maximum atomic E-state index is 12.8. The predicted octanol–water partition coefficient (Wildman–Crippen LogP) is 2.02. The number of pyridine rings is 1. The Morgan fingerprint density at radius 3 is 2.56 bits per heavy atom. The molecule has 0 aromatic carbocycles. The van der Waals surface area contributed by atoms with Crippen molar-refractivity contribution in [2.24, 2.45) is 0 Å². The van der Waals surface area contributed by atoms with E-state index in [1.807, 2.05) is 0 Å². The molecule has 0 amide bonds. The Balaban J connectivity index is 3.13. The molecule has 18 heavy (non-hydrogen) atoms. The van der Waals surface area contributed by atoms with E-state index in [2.05, 4.69) is 21.6 Å². The highest BCUT2D eigenvalue weighted by Gasteiger charge is 2.34. The normalized spacial score (nSPS) is 11.1. The van der Waals surface area contributed by atoms with Crippen LogP contribution in [0.2, 0.25) is 0 Å². The zero-order valence-electron chi connectivity index (χ0n) is 10.3. The van der Waals surface area contributed by atoms with E-state index in [0.717, 1.165) is 12.3 Å². The molecule has 1 heterocycles. The topological polar surface area (TPSA) is 25.4 Å². The summed E-state index contributed by atoms with van der Waals surface area (Å²) in [5, 5.41) is 0. The van der Waals surface area contributed by atoms with Gasteiger partial charge in [0.1, 0.15) is 0 Å². The van der Waals surface area contributed by atoms with Crippen LogP contribution < -0.4 is 4.74 Å². The summed E-state index contributed by atoms with van der Waals surface area (Å²) in [4.78, 5) is 5.49. The molecular formula is C12H13F3N2O. The molecule has 3 nitrogen and oxygen atoms in total. The first-order valence-corrected chi connectivity index (χ1v) is 5.09. The van der Waals surface area contributed by atoms with Gasteiger partial charge in [-0.2, -0.15) is 13.2 Å². The molecule has 6 heteroatoms. The first-order valence-electron chi connectivity index (χ1n) is 5.09. The maximum absolute atomic E-state index is 12.8. The van der Waals surface area contributed by atoms with E-state index in [9.17, 15) is 13.2 Å². The van der Waals surface area contributed by atoms with E-state index in [1.165, 1.54) is 7.11 Å². The summed E-state index contributed by atoms with van der Waals surface area (Å²) in [6.45, 7) is 0.378. The van der Waals surface area contributed by atoms with Crippen molar-refractivity contribution >= 4 is 0 Å². The minimum atomic E-state index is -4.47. The summed E-state index contributed by atoms with van der Waals surface area (Å²) >= 11 is 0. The molecule has 0 aliphatic rings. The standard InChI is InChI=1S/C12H13F3N2O/c1-17(2)6-4-5-9-8-16-11(18-3)7-10(9)12(13,14)15/h7-8H,6H2,1-3H3. The Hall–Kier alpha value is -1.74. The van der Waals surface area contributed by atoms with E-state index in [1.54, 1.807) is 19.0 Å². The minimum Gasteiger partial charge on any atom is -0.481 e. The van der Waals surface area contributed by atoms with Gasteiger partial charge in [0.2, 0.25) is 5.88 Å². The zero-order chi connectivity index (χ0) is 13.8. The van der Waals surface area contributed by atoms with Gasteiger partial charge in [-0.15, -0.1) is 0 Å². The van der Waals surface area contributed by atoms with Gasteiger partial charge >= 0.3 is 6.18 Å². The van der Waals surface area contributed by atoms with E-state index in [4.69, 9.17) is 0 Å².